The molecule has 18 nitrogen and oxygen atoms in total. The molecule has 0 aliphatic rings. The van der Waals surface area contributed by atoms with Crippen LogP contribution in [0.25, 0.3) is 14.2 Å². The Kier molecular flexibility index (Phi) is 15.6. The van der Waals surface area contributed by atoms with Gasteiger partial charge in [-0.2, -0.15) is 0 Å². The Bertz CT molecular complexity index is 2330. The van der Waals surface area contributed by atoms with E-state index < -0.39 is 30.1 Å². The Morgan fingerprint density at radius 2 is 0.534 bits per heavy atom. The molecule has 6 aromatic rings. The number of aryl methyl sites for hydroxylation is 6. The fourth-order valence-electron chi connectivity index (χ4n) is 4.64. The van der Waals surface area contributed by atoms with Crippen LogP contribution < -0.4 is 17.2 Å². The van der Waals surface area contributed by atoms with Gasteiger partial charge in [0.1, 0.15) is 0 Å². The predicted octanol–water partition coefficient (Wildman–Crippen LogP) is 5.83. The van der Waals surface area contributed by atoms with Gasteiger partial charge in [0.2, 0.25) is 30.1 Å². The number of nitrogens with two attached hydrogens (primary N) is 3. The van der Waals surface area contributed by atoms with E-state index in [-0.39, 0.29) is 49.9 Å². The van der Waals surface area contributed by atoms with Crippen molar-refractivity contribution in [2.75, 3.05) is 17.2 Å². The Morgan fingerprint density at radius 3 is 0.707 bits per heavy atom. The van der Waals surface area contributed by atoms with Crippen molar-refractivity contribution in [1.82, 2.24) is 29.9 Å². The third-order valence-electron chi connectivity index (χ3n) is 7.05. The molecular weight excluding hydrogens is 820 g/mol. The van der Waals surface area contributed by atoms with Crippen molar-refractivity contribution in [1.29, 1.82) is 0 Å². The molecule has 0 fully saturated rings. The zero-order chi connectivity index (χ0) is 42.1. The minimum absolute atomic E-state index is 0. The van der Waals surface area contributed by atoms with Crippen molar-refractivity contribution in [2.45, 2.75) is 56.2 Å². The normalized spacial score (nSPS) is 11.1. The van der Waals surface area contributed by atoms with Crippen LogP contribution >= 0.6 is 0 Å². The standard InChI is InChI=1S/3C12H13N4O2S.Al/c3*1-8-7-9(2)15-12(14-8)16-19(17,18)11-5-3-10(13)4-6-11;/h3*3-7H,13H2,1-2H3;/q3*-1;+3. The number of hydrogen-bond acceptors (Lipinski definition) is 15. The van der Waals surface area contributed by atoms with Crippen LogP contribution in [0, 0.1) is 41.5 Å². The summed E-state index contributed by atoms with van der Waals surface area (Å²) in [4.78, 5) is 24.1. The number of anilines is 3. The summed E-state index contributed by atoms with van der Waals surface area (Å²) in [6.07, 6.45) is 0. The third-order valence-corrected chi connectivity index (χ3v) is 10.9. The minimum Gasteiger partial charge on any atom is -0.399 e. The molecule has 6 rings (SSSR count). The molecule has 0 atom stereocenters. The SMILES string of the molecule is Cc1cc(C)nc([N-]S(=O)(=O)c2ccc(N)cc2)n1.Cc1cc(C)nc([N-]S(=O)(=O)c2ccc(N)cc2)n1.Cc1cc(C)nc([N-]S(=O)(=O)c2ccc(N)cc2)n1.[Al+3]. The second-order valence-electron chi connectivity index (χ2n) is 12.3. The molecule has 3 aromatic carbocycles. The predicted molar refractivity (Wildman–Crippen MR) is 223 cm³/mol. The maximum absolute atomic E-state index is 12.0. The van der Waals surface area contributed by atoms with Gasteiger partial charge in [0, 0.05) is 34.9 Å². The summed E-state index contributed by atoms with van der Waals surface area (Å²) < 4.78 is 83.2. The van der Waals surface area contributed by atoms with E-state index in [1.54, 1.807) is 59.7 Å². The molecule has 300 valence electrons. The van der Waals surface area contributed by atoms with Gasteiger partial charge in [-0.15, -0.1) is 0 Å². The first-order valence-corrected chi connectivity index (χ1v) is 20.9. The van der Waals surface area contributed by atoms with Crippen molar-refractivity contribution < 1.29 is 25.3 Å². The summed E-state index contributed by atoms with van der Waals surface area (Å²) in [5.74, 6) is -0.182. The van der Waals surface area contributed by atoms with E-state index in [1.807, 2.05) is 0 Å². The Morgan fingerprint density at radius 1 is 0.362 bits per heavy atom. The van der Waals surface area contributed by atoms with Crippen LogP contribution in [-0.2, 0) is 30.1 Å². The molecule has 0 aliphatic heterocycles. The molecule has 0 amide bonds. The number of nitrogen functional groups attached to an aromatic ring is 3. The summed E-state index contributed by atoms with van der Waals surface area (Å²) >= 11 is 0. The second-order valence-corrected chi connectivity index (χ2v) is 17.1. The van der Waals surface area contributed by atoms with Crippen LogP contribution in [0.15, 0.2) is 106 Å². The number of rotatable bonds is 9. The third kappa shape index (κ3) is 13.9. The zero-order valence-electron chi connectivity index (χ0n) is 32.2. The van der Waals surface area contributed by atoms with Crippen LogP contribution in [-0.4, -0.2) is 72.5 Å². The summed E-state index contributed by atoms with van der Waals surface area (Å²) in [5, 5.41) is 0. The van der Waals surface area contributed by atoms with Gasteiger partial charge in [-0.1, -0.05) is 18.2 Å². The molecule has 3 aromatic heterocycles. The van der Waals surface area contributed by atoms with Crippen LogP contribution in [0.2, 0.25) is 0 Å². The Balaban J connectivity index is 0.000000231. The smallest absolute Gasteiger partial charge is 0.399 e. The molecule has 22 heteroatoms. The Hall–Kier alpha value is -5.92. The van der Waals surface area contributed by atoms with Crippen molar-refractivity contribution in [3.63, 3.8) is 0 Å². The summed E-state index contributed by atoms with van der Waals surface area (Å²) in [6, 6.07) is 22.7. The number of hydrogen-bond donors (Lipinski definition) is 3. The van der Waals surface area contributed by atoms with Crippen molar-refractivity contribution >= 4 is 82.3 Å². The van der Waals surface area contributed by atoms with E-state index >= 15 is 0 Å². The fourth-order valence-corrected chi connectivity index (χ4v) is 7.29. The van der Waals surface area contributed by atoms with Gasteiger partial charge >= 0.3 is 17.4 Å². The molecule has 3 heterocycles. The van der Waals surface area contributed by atoms with Crippen LogP contribution in [0.4, 0.5) is 34.9 Å². The Labute approximate surface area is 348 Å². The molecule has 6 N–H and O–H groups in total. The van der Waals surface area contributed by atoms with Gasteiger partial charge in [0.25, 0.3) is 0 Å². The molecule has 0 spiro atoms. The summed E-state index contributed by atoms with van der Waals surface area (Å²) in [7, 11) is -11.5. The maximum Gasteiger partial charge on any atom is 3.00 e. The summed E-state index contributed by atoms with van der Waals surface area (Å²) in [6.45, 7) is 10.5. The van der Waals surface area contributed by atoms with E-state index in [0.717, 1.165) is 0 Å². The van der Waals surface area contributed by atoms with E-state index in [1.165, 1.54) is 72.8 Å². The zero-order valence-corrected chi connectivity index (χ0v) is 35.8. The topological polar surface area (TPSA) is 300 Å². The average molecular weight is 859 g/mol. The van der Waals surface area contributed by atoms with Gasteiger partial charge in [-0.05, 0) is 149 Å². The molecule has 0 aliphatic carbocycles. The largest absolute Gasteiger partial charge is 3.00 e. The first kappa shape index (κ1) is 46.5. The van der Waals surface area contributed by atoms with Crippen molar-refractivity contribution in [3.05, 3.63) is 139 Å². The van der Waals surface area contributed by atoms with Gasteiger partial charge in [-0.25, -0.2) is 25.3 Å². The maximum atomic E-state index is 12.0. The molecular formula is C36H39AlN12O6S3. The quantitative estimate of drug-likeness (QED) is 0.114. The van der Waals surface area contributed by atoms with Crippen molar-refractivity contribution in [3.8, 4) is 0 Å². The molecule has 0 radical (unpaired) electrons. The van der Waals surface area contributed by atoms with E-state index in [2.05, 4.69) is 44.1 Å². The molecule has 58 heavy (non-hydrogen) atoms. The molecule has 0 saturated heterocycles. The van der Waals surface area contributed by atoms with E-state index in [9.17, 15) is 25.3 Å². The van der Waals surface area contributed by atoms with E-state index in [0.29, 0.717) is 51.2 Å². The second kappa shape index (κ2) is 19.5. The van der Waals surface area contributed by atoms with Gasteiger partial charge in [0.15, 0.2) is 0 Å². The van der Waals surface area contributed by atoms with Crippen LogP contribution in [0.3, 0.4) is 0 Å². The average Bonchev–Trinajstić information content (AvgIpc) is 3.07. The number of aromatic nitrogens is 6. The number of nitrogens with zero attached hydrogens (tertiary/aromatic N) is 9. The van der Waals surface area contributed by atoms with Gasteiger partial charge in [0.05, 0.1) is 14.7 Å². The molecule has 0 saturated carbocycles. The van der Waals surface area contributed by atoms with Gasteiger partial charge in [-0.3, -0.25) is 14.2 Å². The number of sulfonamides is 3. The van der Waals surface area contributed by atoms with Crippen LogP contribution in [0.5, 0.6) is 0 Å². The summed E-state index contributed by atoms with van der Waals surface area (Å²) in [5.41, 5.74) is 22.0. The van der Waals surface area contributed by atoms with Crippen molar-refractivity contribution in [2.24, 2.45) is 0 Å². The molecule has 0 unspecified atom stereocenters. The monoisotopic (exact) mass is 858 g/mol. The van der Waals surface area contributed by atoms with Crippen LogP contribution in [0.1, 0.15) is 34.2 Å². The first-order valence-electron chi connectivity index (χ1n) is 16.6. The minimum atomic E-state index is -3.82. The van der Waals surface area contributed by atoms with Gasteiger partial charge < -0.3 is 47.1 Å². The first-order chi connectivity index (χ1) is 26.6. The number of benzene rings is 3. The van der Waals surface area contributed by atoms with E-state index in [4.69, 9.17) is 17.2 Å². The fraction of sp³-hybridized carbons (Fsp3) is 0.167. The molecule has 0 bridgehead atoms.